The number of hydrogen-bond donors (Lipinski definition) is 3. The number of ether oxygens (including phenoxy) is 2. The van der Waals surface area contributed by atoms with Crippen molar-refractivity contribution in [1.29, 1.82) is 0 Å². The summed E-state index contributed by atoms with van der Waals surface area (Å²) in [7, 11) is 3.07. The second-order valence-electron chi connectivity index (χ2n) is 4.91. The molecule has 0 saturated carbocycles. The van der Waals surface area contributed by atoms with E-state index >= 15 is 0 Å². The normalized spacial score (nSPS) is 9.79. The fourth-order valence-electron chi connectivity index (χ4n) is 2.05. The molecule has 0 saturated heterocycles. The Morgan fingerprint density at radius 3 is 1.79 bits per heavy atom. The molecule has 0 heterocycles. The summed E-state index contributed by atoms with van der Waals surface area (Å²) < 4.78 is 10.3. The number of benzene rings is 2. The number of methoxy groups -OCH3 is 2. The number of urea groups is 1. The van der Waals surface area contributed by atoms with Crippen molar-refractivity contribution in [2.45, 2.75) is 6.92 Å². The highest BCUT2D eigenvalue weighted by atomic mass is 16.5. The monoisotopic (exact) mass is 329 g/mol. The van der Waals surface area contributed by atoms with Crippen LogP contribution >= 0.6 is 0 Å². The maximum absolute atomic E-state index is 12.0. The maximum atomic E-state index is 12.0. The van der Waals surface area contributed by atoms with E-state index in [1.807, 2.05) is 0 Å². The molecule has 0 aliphatic rings. The lowest BCUT2D eigenvalue weighted by Gasteiger charge is -2.11. The smallest absolute Gasteiger partial charge is 0.323 e. The van der Waals surface area contributed by atoms with Crippen molar-refractivity contribution in [3.8, 4) is 11.5 Å². The van der Waals surface area contributed by atoms with Gasteiger partial charge in [-0.05, 0) is 36.4 Å². The number of anilines is 3. The summed E-state index contributed by atoms with van der Waals surface area (Å²) in [6, 6.07) is 11.5. The molecule has 2 aromatic rings. The quantitative estimate of drug-likeness (QED) is 0.785. The van der Waals surface area contributed by atoms with Crippen LogP contribution in [-0.4, -0.2) is 26.2 Å². The first-order valence-electron chi connectivity index (χ1n) is 7.19. The molecule has 0 spiro atoms. The standard InChI is InChI=1S/C17H19N3O4/c1-11(21)18-12-4-6-13(7-5-12)19-17(22)20-14-8-9-15(23-2)16(10-14)24-3/h4-10H,1-3H3,(H,18,21)(H2,19,20,22). The van der Waals surface area contributed by atoms with Crippen LogP contribution in [-0.2, 0) is 4.79 Å². The van der Waals surface area contributed by atoms with Crippen LogP contribution in [0.4, 0.5) is 21.9 Å². The van der Waals surface area contributed by atoms with Crippen molar-refractivity contribution in [2.75, 3.05) is 30.2 Å². The Morgan fingerprint density at radius 1 is 0.750 bits per heavy atom. The molecule has 0 aliphatic carbocycles. The van der Waals surface area contributed by atoms with Crippen LogP contribution in [0.15, 0.2) is 42.5 Å². The third-order valence-electron chi connectivity index (χ3n) is 3.10. The van der Waals surface area contributed by atoms with Crippen LogP contribution in [0.25, 0.3) is 0 Å². The van der Waals surface area contributed by atoms with Gasteiger partial charge in [0.25, 0.3) is 0 Å². The highest BCUT2D eigenvalue weighted by Gasteiger charge is 2.07. The van der Waals surface area contributed by atoms with Gasteiger partial charge in [-0.25, -0.2) is 4.79 Å². The van der Waals surface area contributed by atoms with Crippen LogP contribution < -0.4 is 25.4 Å². The van der Waals surface area contributed by atoms with E-state index in [1.54, 1.807) is 49.6 Å². The average molecular weight is 329 g/mol. The number of rotatable bonds is 5. The second kappa shape index (κ2) is 7.87. The fourth-order valence-corrected chi connectivity index (χ4v) is 2.05. The highest BCUT2D eigenvalue weighted by Crippen LogP contribution is 2.29. The van der Waals surface area contributed by atoms with E-state index in [4.69, 9.17) is 9.47 Å². The molecule has 2 rings (SSSR count). The lowest BCUT2D eigenvalue weighted by molar-refractivity contribution is -0.114. The summed E-state index contributed by atoms with van der Waals surface area (Å²) in [5.41, 5.74) is 1.83. The predicted molar refractivity (Wildman–Crippen MR) is 92.9 cm³/mol. The van der Waals surface area contributed by atoms with E-state index in [2.05, 4.69) is 16.0 Å². The third kappa shape index (κ3) is 4.64. The summed E-state index contributed by atoms with van der Waals surface area (Å²) in [6.07, 6.45) is 0. The van der Waals surface area contributed by atoms with Crippen molar-refractivity contribution in [3.05, 3.63) is 42.5 Å². The summed E-state index contributed by atoms with van der Waals surface area (Å²) in [5, 5.41) is 8.07. The molecule has 7 nitrogen and oxygen atoms in total. The topological polar surface area (TPSA) is 88.7 Å². The van der Waals surface area contributed by atoms with Gasteiger partial charge in [0.05, 0.1) is 14.2 Å². The summed E-state index contributed by atoms with van der Waals surface area (Å²) in [4.78, 5) is 23.0. The van der Waals surface area contributed by atoms with Crippen LogP contribution in [0.2, 0.25) is 0 Å². The Balaban J connectivity index is 1.99. The number of carbonyl (C=O) groups excluding carboxylic acids is 2. The van der Waals surface area contributed by atoms with Gasteiger partial charge in [0.15, 0.2) is 11.5 Å². The molecule has 2 aromatic carbocycles. The first-order chi connectivity index (χ1) is 11.5. The van der Waals surface area contributed by atoms with Crippen LogP contribution in [0.5, 0.6) is 11.5 Å². The first-order valence-corrected chi connectivity index (χ1v) is 7.19. The van der Waals surface area contributed by atoms with Gasteiger partial charge in [-0.1, -0.05) is 0 Å². The molecule has 0 atom stereocenters. The highest BCUT2D eigenvalue weighted by molar-refractivity contribution is 6.00. The Bertz CT molecular complexity index is 729. The lowest BCUT2D eigenvalue weighted by atomic mass is 10.2. The number of nitrogens with one attached hydrogen (secondary N) is 3. The minimum absolute atomic E-state index is 0.151. The number of hydrogen-bond acceptors (Lipinski definition) is 4. The zero-order valence-corrected chi connectivity index (χ0v) is 13.7. The van der Waals surface area contributed by atoms with Gasteiger partial charge in [-0.15, -0.1) is 0 Å². The first kappa shape index (κ1) is 17.1. The van der Waals surface area contributed by atoms with Crippen molar-refractivity contribution >= 4 is 29.0 Å². The summed E-state index contributed by atoms with van der Waals surface area (Å²) >= 11 is 0. The second-order valence-corrected chi connectivity index (χ2v) is 4.91. The van der Waals surface area contributed by atoms with E-state index in [1.165, 1.54) is 14.0 Å². The minimum atomic E-state index is -0.394. The zero-order valence-electron chi connectivity index (χ0n) is 13.7. The molecule has 0 fully saturated rings. The van der Waals surface area contributed by atoms with E-state index in [9.17, 15) is 9.59 Å². The van der Waals surface area contributed by atoms with Crippen molar-refractivity contribution < 1.29 is 19.1 Å². The van der Waals surface area contributed by atoms with E-state index in [0.29, 0.717) is 28.6 Å². The summed E-state index contributed by atoms with van der Waals surface area (Å²) in [6.45, 7) is 1.43. The van der Waals surface area contributed by atoms with Gasteiger partial charge in [0.1, 0.15) is 0 Å². The van der Waals surface area contributed by atoms with E-state index < -0.39 is 6.03 Å². The number of amides is 3. The summed E-state index contributed by atoms with van der Waals surface area (Å²) in [5.74, 6) is 0.953. The van der Waals surface area contributed by atoms with Gasteiger partial charge >= 0.3 is 6.03 Å². The minimum Gasteiger partial charge on any atom is -0.493 e. The molecule has 0 bridgehead atoms. The molecule has 0 unspecified atom stereocenters. The SMILES string of the molecule is COc1ccc(NC(=O)Nc2ccc(NC(C)=O)cc2)cc1OC. The molecule has 0 radical (unpaired) electrons. The molecule has 7 heteroatoms. The molecule has 126 valence electrons. The molecule has 3 N–H and O–H groups in total. The Morgan fingerprint density at radius 2 is 1.25 bits per heavy atom. The maximum Gasteiger partial charge on any atom is 0.323 e. The van der Waals surface area contributed by atoms with Crippen molar-refractivity contribution in [3.63, 3.8) is 0 Å². The average Bonchev–Trinajstić information content (AvgIpc) is 2.56. The van der Waals surface area contributed by atoms with Crippen LogP contribution in [0.3, 0.4) is 0 Å². The molecule has 0 aromatic heterocycles. The Hall–Kier alpha value is -3.22. The van der Waals surface area contributed by atoms with Crippen LogP contribution in [0, 0.1) is 0 Å². The third-order valence-corrected chi connectivity index (χ3v) is 3.10. The largest absolute Gasteiger partial charge is 0.493 e. The van der Waals surface area contributed by atoms with Crippen LogP contribution in [0.1, 0.15) is 6.92 Å². The van der Waals surface area contributed by atoms with Gasteiger partial charge < -0.3 is 25.4 Å². The zero-order chi connectivity index (χ0) is 17.5. The van der Waals surface area contributed by atoms with E-state index in [-0.39, 0.29) is 5.91 Å². The van der Waals surface area contributed by atoms with Gasteiger partial charge in [-0.3, -0.25) is 4.79 Å². The fraction of sp³-hybridized carbons (Fsp3) is 0.176. The van der Waals surface area contributed by atoms with E-state index in [0.717, 1.165) is 0 Å². The molecule has 3 amide bonds. The number of carbonyl (C=O) groups is 2. The van der Waals surface area contributed by atoms with Gasteiger partial charge in [0.2, 0.25) is 5.91 Å². The predicted octanol–water partition coefficient (Wildman–Crippen LogP) is 3.31. The van der Waals surface area contributed by atoms with Crippen molar-refractivity contribution in [1.82, 2.24) is 0 Å². The van der Waals surface area contributed by atoms with Gasteiger partial charge in [0, 0.05) is 30.1 Å². The Kier molecular flexibility index (Phi) is 5.62. The molecular formula is C17H19N3O4. The lowest BCUT2D eigenvalue weighted by Crippen LogP contribution is -2.19. The van der Waals surface area contributed by atoms with Crippen molar-refractivity contribution in [2.24, 2.45) is 0 Å². The Labute approximate surface area is 140 Å². The molecule has 24 heavy (non-hydrogen) atoms. The molecule has 0 aliphatic heterocycles. The molecular weight excluding hydrogens is 310 g/mol. The van der Waals surface area contributed by atoms with Gasteiger partial charge in [-0.2, -0.15) is 0 Å².